The summed E-state index contributed by atoms with van der Waals surface area (Å²) in [5.74, 6) is 0.624. The Hall–Kier alpha value is -3.12. The van der Waals surface area contributed by atoms with Crippen LogP contribution in [-0.4, -0.2) is 30.0 Å². The van der Waals surface area contributed by atoms with Crippen molar-refractivity contribution in [1.29, 1.82) is 0 Å². The molecule has 0 aliphatic heterocycles. The molecule has 34 heavy (non-hydrogen) atoms. The van der Waals surface area contributed by atoms with E-state index in [9.17, 15) is 9.18 Å². The molecular weight excluding hydrogens is 572 g/mol. The summed E-state index contributed by atoms with van der Waals surface area (Å²) in [5, 5.41) is 4.45. The lowest BCUT2D eigenvalue weighted by molar-refractivity contribution is -0.118. The van der Waals surface area contributed by atoms with Gasteiger partial charge >= 0.3 is 0 Å². The number of carbonyl (C=O) groups is 1. The van der Waals surface area contributed by atoms with E-state index in [0.717, 1.165) is 20.2 Å². The van der Waals surface area contributed by atoms with Crippen molar-refractivity contribution in [3.05, 3.63) is 81.2 Å². The Morgan fingerprint density at radius 1 is 1.24 bits per heavy atom. The number of rotatable bonds is 9. The fourth-order valence-corrected chi connectivity index (χ4v) is 4.35. The molecule has 0 unspecified atom stereocenters. The fourth-order valence-electron chi connectivity index (χ4n) is 2.94. The Morgan fingerprint density at radius 2 is 2.03 bits per heavy atom. The number of benzene rings is 3. The van der Waals surface area contributed by atoms with Gasteiger partial charge in [-0.05, 0) is 70.1 Å². The molecule has 0 aliphatic carbocycles. The highest BCUT2D eigenvalue weighted by Gasteiger charge is 2.12. The number of nitrogens with one attached hydrogen (secondary N) is 1. The summed E-state index contributed by atoms with van der Waals surface area (Å²) in [6.45, 7) is 0.272. The van der Waals surface area contributed by atoms with E-state index in [4.69, 9.17) is 13.9 Å². The number of hydrogen-bond donors (Lipinski definition) is 1. The summed E-state index contributed by atoms with van der Waals surface area (Å²) in [4.78, 5) is 16.4. The quantitative estimate of drug-likeness (QED) is 0.122. The molecule has 0 bridgehead atoms. The van der Waals surface area contributed by atoms with Gasteiger partial charge in [0, 0.05) is 0 Å². The molecule has 174 valence electrons. The molecule has 7 nitrogen and oxygen atoms in total. The Kier molecular flexibility index (Phi) is 8.01. The number of thioether (sulfide) groups is 1. The van der Waals surface area contributed by atoms with Crippen LogP contribution in [0.1, 0.15) is 11.1 Å². The summed E-state index contributed by atoms with van der Waals surface area (Å²) in [5.41, 5.74) is 5.48. The van der Waals surface area contributed by atoms with Crippen LogP contribution < -0.4 is 14.9 Å². The molecule has 0 fully saturated rings. The maximum absolute atomic E-state index is 13.1. The predicted octanol–water partition coefficient (Wildman–Crippen LogP) is 5.40. The van der Waals surface area contributed by atoms with E-state index in [1.807, 2.05) is 30.3 Å². The van der Waals surface area contributed by atoms with Crippen molar-refractivity contribution in [2.24, 2.45) is 5.10 Å². The molecule has 0 aliphatic rings. The summed E-state index contributed by atoms with van der Waals surface area (Å²) in [7, 11) is 1.54. The molecule has 4 aromatic rings. The lowest BCUT2D eigenvalue weighted by atomic mass is 10.2. The molecule has 0 saturated heterocycles. The van der Waals surface area contributed by atoms with E-state index >= 15 is 0 Å². The number of hydrogen-bond acceptors (Lipinski definition) is 7. The van der Waals surface area contributed by atoms with Gasteiger partial charge in [-0.1, -0.05) is 36.0 Å². The minimum absolute atomic E-state index is 0.112. The molecule has 0 spiro atoms. The molecule has 1 heterocycles. The Bertz CT molecular complexity index is 1290. The molecule has 0 radical (unpaired) electrons. The fraction of sp³-hybridized carbons (Fsp3) is 0.125. The zero-order chi connectivity index (χ0) is 23.9. The van der Waals surface area contributed by atoms with E-state index in [-0.39, 0.29) is 24.1 Å². The topological polar surface area (TPSA) is 86.0 Å². The van der Waals surface area contributed by atoms with Crippen molar-refractivity contribution in [3.8, 4) is 11.5 Å². The molecule has 0 atom stereocenters. The number of hydrazone groups is 1. The number of fused-ring (bicyclic) bond motifs is 1. The summed E-state index contributed by atoms with van der Waals surface area (Å²) >= 11 is 3.33. The average Bonchev–Trinajstić information content (AvgIpc) is 3.26. The standard InChI is InChI=1S/C24H19FIN3O4S/c1-31-21-11-16(10-18(26)23(21)32-13-15-6-8-17(25)9-7-15)12-27-29-22(30)14-34-24-28-19-4-2-3-5-20(19)33-24/h2-12H,13-14H2,1H3,(H,29,30)/b27-12-. The summed E-state index contributed by atoms with van der Waals surface area (Å²) in [6, 6.07) is 17.1. The van der Waals surface area contributed by atoms with Gasteiger partial charge < -0.3 is 13.9 Å². The molecule has 3 aromatic carbocycles. The van der Waals surface area contributed by atoms with Gasteiger partial charge in [-0.2, -0.15) is 5.10 Å². The predicted molar refractivity (Wildman–Crippen MR) is 137 cm³/mol. The first kappa shape index (κ1) is 24.0. The largest absolute Gasteiger partial charge is 0.493 e. The van der Waals surface area contributed by atoms with E-state index in [1.54, 1.807) is 25.3 Å². The third-order valence-electron chi connectivity index (χ3n) is 4.55. The lowest BCUT2D eigenvalue weighted by Crippen LogP contribution is -2.19. The van der Waals surface area contributed by atoms with Crippen LogP contribution in [0.2, 0.25) is 0 Å². The normalized spacial score (nSPS) is 11.1. The van der Waals surface area contributed by atoms with Gasteiger partial charge in [-0.25, -0.2) is 14.8 Å². The second-order valence-corrected chi connectivity index (χ2v) is 9.07. The molecule has 1 aromatic heterocycles. The number of carbonyl (C=O) groups excluding carboxylic acids is 1. The van der Waals surface area contributed by atoms with Gasteiger partial charge in [-0.3, -0.25) is 4.79 Å². The van der Waals surface area contributed by atoms with Crippen LogP contribution in [-0.2, 0) is 11.4 Å². The van der Waals surface area contributed by atoms with Crippen molar-refractivity contribution < 1.29 is 23.1 Å². The lowest BCUT2D eigenvalue weighted by Gasteiger charge is -2.13. The number of oxazole rings is 1. The van der Waals surface area contributed by atoms with Crippen molar-refractivity contribution >= 4 is 57.6 Å². The third kappa shape index (κ3) is 6.26. The second-order valence-electron chi connectivity index (χ2n) is 6.98. The van der Waals surface area contributed by atoms with Crippen LogP contribution in [0.5, 0.6) is 11.5 Å². The van der Waals surface area contributed by atoms with E-state index in [1.165, 1.54) is 30.1 Å². The van der Waals surface area contributed by atoms with Gasteiger partial charge in [0.05, 0.1) is 22.6 Å². The van der Waals surface area contributed by atoms with Crippen LogP contribution in [0.25, 0.3) is 11.1 Å². The first-order valence-corrected chi connectivity index (χ1v) is 12.1. The average molecular weight is 591 g/mol. The summed E-state index contributed by atoms with van der Waals surface area (Å²) < 4.78 is 30.8. The number of halogens is 2. The Balaban J connectivity index is 1.33. The highest BCUT2D eigenvalue weighted by atomic mass is 127. The second kappa shape index (κ2) is 11.3. The number of para-hydroxylation sites is 2. The van der Waals surface area contributed by atoms with Gasteiger partial charge in [0.15, 0.2) is 17.1 Å². The van der Waals surface area contributed by atoms with Crippen molar-refractivity contribution in [3.63, 3.8) is 0 Å². The van der Waals surface area contributed by atoms with E-state index in [0.29, 0.717) is 22.3 Å². The van der Waals surface area contributed by atoms with E-state index in [2.05, 4.69) is 38.1 Å². The van der Waals surface area contributed by atoms with Gasteiger partial charge in [-0.15, -0.1) is 0 Å². The zero-order valence-corrected chi connectivity index (χ0v) is 20.9. The van der Waals surface area contributed by atoms with E-state index < -0.39 is 0 Å². The van der Waals surface area contributed by atoms with Crippen LogP contribution in [0.3, 0.4) is 0 Å². The number of amides is 1. The minimum atomic E-state index is -0.295. The number of nitrogens with zero attached hydrogens (tertiary/aromatic N) is 2. The molecule has 4 rings (SSSR count). The minimum Gasteiger partial charge on any atom is -0.493 e. The zero-order valence-electron chi connectivity index (χ0n) is 18.0. The van der Waals surface area contributed by atoms with Crippen molar-refractivity contribution in [1.82, 2.24) is 10.4 Å². The van der Waals surface area contributed by atoms with Crippen LogP contribution in [0.4, 0.5) is 4.39 Å². The summed E-state index contributed by atoms with van der Waals surface area (Å²) in [6.07, 6.45) is 1.52. The Morgan fingerprint density at radius 3 is 2.79 bits per heavy atom. The van der Waals surface area contributed by atoms with Crippen LogP contribution in [0, 0.1) is 9.39 Å². The monoisotopic (exact) mass is 591 g/mol. The molecule has 1 amide bonds. The molecule has 10 heteroatoms. The van der Waals surface area contributed by atoms with Gasteiger partial charge in [0.25, 0.3) is 11.1 Å². The first-order valence-electron chi connectivity index (χ1n) is 10.1. The van der Waals surface area contributed by atoms with Gasteiger partial charge in [0.2, 0.25) is 0 Å². The smallest absolute Gasteiger partial charge is 0.257 e. The molecule has 1 N–H and O–H groups in total. The third-order valence-corrected chi connectivity index (χ3v) is 6.18. The maximum Gasteiger partial charge on any atom is 0.257 e. The number of aromatic nitrogens is 1. The molecular formula is C24H19FIN3O4S. The highest BCUT2D eigenvalue weighted by Crippen LogP contribution is 2.34. The van der Waals surface area contributed by atoms with Crippen LogP contribution in [0.15, 0.2) is 75.4 Å². The van der Waals surface area contributed by atoms with Crippen LogP contribution >= 0.6 is 34.4 Å². The Labute approximate surface area is 212 Å². The van der Waals surface area contributed by atoms with Crippen molar-refractivity contribution in [2.45, 2.75) is 11.8 Å². The first-order chi connectivity index (χ1) is 16.5. The number of methoxy groups -OCH3 is 1. The van der Waals surface area contributed by atoms with Crippen molar-refractivity contribution in [2.75, 3.05) is 12.9 Å². The SMILES string of the molecule is COc1cc(/C=N\NC(=O)CSc2nc3ccccc3o2)cc(I)c1OCc1ccc(F)cc1. The number of ether oxygens (including phenoxy) is 2. The molecule has 0 saturated carbocycles. The highest BCUT2D eigenvalue weighted by molar-refractivity contribution is 14.1. The maximum atomic E-state index is 13.1. The van der Waals surface area contributed by atoms with Gasteiger partial charge in [0.1, 0.15) is 17.9 Å².